The van der Waals surface area contributed by atoms with Crippen molar-refractivity contribution >= 4 is 35.4 Å². The summed E-state index contributed by atoms with van der Waals surface area (Å²) >= 11 is 7.57. The van der Waals surface area contributed by atoms with E-state index in [4.69, 9.17) is 27.8 Å². The second kappa shape index (κ2) is 7.75. The van der Waals surface area contributed by atoms with Gasteiger partial charge in [-0.3, -0.25) is 4.90 Å². The minimum atomic E-state index is -0.298. The first-order valence-electron chi connectivity index (χ1n) is 8.70. The van der Waals surface area contributed by atoms with Crippen molar-refractivity contribution < 1.29 is 4.74 Å². The van der Waals surface area contributed by atoms with Crippen molar-refractivity contribution in [2.75, 3.05) is 44.3 Å². The molecular formula is C17H23ClN6OS. The third-order valence-electron chi connectivity index (χ3n) is 4.81. The second-order valence-corrected chi connectivity index (χ2v) is 8.01. The van der Waals surface area contributed by atoms with E-state index in [0.29, 0.717) is 5.02 Å². The van der Waals surface area contributed by atoms with E-state index in [1.54, 1.807) is 18.1 Å². The van der Waals surface area contributed by atoms with Crippen molar-refractivity contribution in [3.63, 3.8) is 0 Å². The maximum Gasteiger partial charge on any atom is 0.145 e. The van der Waals surface area contributed by atoms with E-state index < -0.39 is 0 Å². The minimum absolute atomic E-state index is 0.158. The molecule has 1 aromatic carbocycles. The maximum absolute atomic E-state index is 6.51. The van der Waals surface area contributed by atoms with Crippen molar-refractivity contribution in [3.05, 3.63) is 40.0 Å². The Morgan fingerprint density at radius 2 is 1.88 bits per heavy atom. The highest BCUT2D eigenvalue weighted by Gasteiger charge is 2.37. The molecule has 0 spiro atoms. The Hall–Kier alpha value is -1.29. The minimum Gasteiger partial charge on any atom is -0.379 e. The molecule has 7 nitrogen and oxygen atoms in total. The van der Waals surface area contributed by atoms with Crippen molar-refractivity contribution in [3.8, 4) is 0 Å². The predicted octanol–water partition coefficient (Wildman–Crippen LogP) is 1.27. The highest BCUT2D eigenvalue weighted by atomic mass is 35.5. The molecule has 0 radical (unpaired) electrons. The molecule has 9 heteroatoms. The average Bonchev–Trinajstić information content (AvgIpc) is 2.98. The van der Waals surface area contributed by atoms with E-state index in [1.165, 1.54) is 0 Å². The topological polar surface area (TPSA) is 83.3 Å². The Morgan fingerprint density at radius 3 is 2.62 bits per heavy atom. The van der Waals surface area contributed by atoms with E-state index in [9.17, 15) is 0 Å². The molecule has 1 saturated heterocycles. The summed E-state index contributed by atoms with van der Waals surface area (Å²) in [6.45, 7) is 5.31. The fourth-order valence-electron chi connectivity index (χ4n) is 3.31. The third kappa shape index (κ3) is 3.58. The van der Waals surface area contributed by atoms with Crippen LogP contribution in [0.4, 0.5) is 5.69 Å². The number of ether oxygens (including phenoxy) is 1. The molecule has 4 rings (SSSR count). The van der Waals surface area contributed by atoms with Crippen molar-refractivity contribution in [1.82, 2.24) is 9.80 Å². The Bertz CT molecular complexity index is 706. The summed E-state index contributed by atoms with van der Waals surface area (Å²) in [4.78, 5) is 12.2. The molecule has 4 N–H and O–H groups in total. The van der Waals surface area contributed by atoms with Crippen LogP contribution in [-0.2, 0) is 4.74 Å². The van der Waals surface area contributed by atoms with Gasteiger partial charge in [0, 0.05) is 36.9 Å². The standard InChI is InChI=1S/C17H23ClN6OS/c18-12-1-3-13(4-2-12)24-11-21-16-14(15(24)19)26-17(20)23(16)6-5-22-7-9-25-10-8-22/h1-4,11,15,17H,5-10,19-20H2. The molecule has 1 aromatic rings. The number of hydrogen-bond donors (Lipinski definition) is 2. The van der Waals surface area contributed by atoms with Gasteiger partial charge in [-0.25, -0.2) is 4.99 Å². The second-order valence-electron chi connectivity index (χ2n) is 6.42. The van der Waals surface area contributed by atoms with E-state index in [1.807, 2.05) is 29.2 Å². The zero-order valence-corrected chi connectivity index (χ0v) is 16.0. The van der Waals surface area contributed by atoms with Gasteiger partial charge in [0.05, 0.1) is 24.5 Å². The first kappa shape index (κ1) is 18.1. The Kier molecular flexibility index (Phi) is 5.40. The number of rotatable bonds is 4. The van der Waals surface area contributed by atoms with E-state index >= 15 is 0 Å². The molecule has 3 aliphatic rings. The molecule has 2 atom stereocenters. The lowest BCUT2D eigenvalue weighted by Crippen LogP contribution is -2.46. The van der Waals surface area contributed by atoms with Crippen LogP contribution in [0.2, 0.25) is 5.02 Å². The van der Waals surface area contributed by atoms with Gasteiger partial charge in [-0.1, -0.05) is 23.4 Å². The maximum atomic E-state index is 6.51. The van der Waals surface area contributed by atoms with Gasteiger partial charge in [-0.05, 0) is 24.3 Å². The molecule has 140 valence electrons. The van der Waals surface area contributed by atoms with Gasteiger partial charge in [-0.2, -0.15) is 0 Å². The summed E-state index contributed by atoms with van der Waals surface area (Å²) in [6.07, 6.45) is 1.49. The number of hydrogen-bond acceptors (Lipinski definition) is 8. The fraction of sp³-hybridized carbons (Fsp3) is 0.471. The van der Waals surface area contributed by atoms with Crippen LogP contribution in [0, 0.1) is 0 Å². The van der Waals surface area contributed by atoms with Crippen molar-refractivity contribution in [1.29, 1.82) is 0 Å². The lowest BCUT2D eigenvalue weighted by molar-refractivity contribution is 0.0345. The largest absolute Gasteiger partial charge is 0.379 e. The highest BCUT2D eigenvalue weighted by Crippen LogP contribution is 2.40. The molecule has 0 aliphatic carbocycles. The number of aliphatic imine (C=N–C) groups is 1. The summed E-state index contributed by atoms with van der Waals surface area (Å²) in [7, 11) is 0. The van der Waals surface area contributed by atoms with Crippen LogP contribution in [0.25, 0.3) is 0 Å². The number of nitrogens with two attached hydrogens (primary N) is 2. The molecule has 1 fully saturated rings. The number of thioether (sulfide) groups is 1. The van der Waals surface area contributed by atoms with Crippen molar-refractivity contribution in [2.24, 2.45) is 16.5 Å². The highest BCUT2D eigenvalue weighted by molar-refractivity contribution is 8.03. The molecule has 0 saturated carbocycles. The van der Waals surface area contributed by atoms with Gasteiger partial charge in [0.2, 0.25) is 0 Å². The van der Waals surface area contributed by atoms with Crippen LogP contribution in [0.3, 0.4) is 0 Å². The summed E-state index contributed by atoms with van der Waals surface area (Å²) in [5, 5.41) is 0.697. The van der Waals surface area contributed by atoms with Gasteiger partial charge in [-0.15, -0.1) is 0 Å². The molecule has 0 aromatic heterocycles. The van der Waals surface area contributed by atoms with Gasteiger partial charge in [0.25, 0.3) is 0 Å². The van der Waals surface area contributed by atoms with Crippen LogP contribution in [0.5, 0.6) is 0 Å². The quantitative estimate of drug-likeness (QED) is 0.795. The van der Waals surface area contributed by atoms with E-state index in [0.717, 1.165) is 55.8 Å². The number of benzene rings is 1. The smallest absolute Gasteiger partial charge is 0.145 e. The molecule has 3 heterocycles. The summed E-state index contributed by atoms with van der Waals surface area (Å²) < 4.78 is 5.41. The zero-order chi connectivity index (χ0) is 18.1. The molecule has 26 heavy (non-hydrogen) atoms. The average molecular weight is 395 g/mol. The first-order valence-corrected chi connectivity index (χ1v) is 9.96. The van der Waals surface area contributed by atoms with Crippen LogP contribution in [0.1, 0.15) is 0 Å². The molecule has 0 amide bonds. The lowest BCUT2D eigenvalue weighted by atomic mass is 10.2. The Labute approximate surface area is 162 Å². The van der Waals surface area contributed by atoms with Gasteiger partial charge in [0.1, 0.15) is 17.5 Å². The lowest BCUT2D eigenvalue weighted by Gasteiger charge is -2.32. The SMILES string of the molecule is NC1SC2=C(N=CN(c3ccc(Cl)cc3)C2N)N1CCN1CCOCC1. The molecular weight excluding hydrogens is 372 g/mol. The van der Waals surface area contributed by atoms with Crippen molar-refractivity contribution in [2.45, 2.75) is 11.7 Å². The summed E-state index contributed by atoms with van der Waals surface area (Å²) in [5.41, 5.74) is 13.7. The number of halogens is 1. The van der Waals surface area contributed by atoms with Crippen LogP contribution >= 0.6 is 23.4 Å². The van der Waals surface area contributed by atoms with Crippen LogP contribution in [-0.4, -0.2) is 67.2 Å². The fourth-order valence-corrected chi connectivity index (χ4v) is 4.56. The number of morpholine rings is 1. The molecule has 0 bridgehead atoms. The summed E-state index contributed by atoms with van der Waals surface area (Å²) in [5.74, 6) is 0.897. The monoisotopic (exact) mass is 394 g/mol. The van der Waals surface area contributed by atoms with Gasteiger partial charge < -0.3 is 26.0 Å². The first-order chi connectivity index (χ1) is 12.6. The van der Waals surface area contributed by atoms with Gasteiger partial charge >= 0.3 is 0 Å². The third-order valence-corrected chi connectivity index (χ3v) is 6.23. The summed E-state index contributed by atoms with van der Waals surface area (Å²) in [6, 6.07) is 7.58. The normalized spacial score (nSPS) is 26.6. The van der Waals surface area contributed by atoms with E-state index in [-0.39, 0.29) is 11.7 Å². The zero-order valence-electron chi connectivity index (χ0n) is 14.4. The van der Waals surface area contributed by atoms with Crippen LogP contribution < -0.4 is 16.4 Å². The Morgan fingerprint density at radius 1 is 1.15 bits per heavy atom. The van der Waals surface area contributed by atoms with Crippen LogP contribution in [0.15, 0.2) is 40.0 Å². The number of anilines is 1. The van der Waals surface area contributed by atoms with E-state index in [2.05, 4.69) is 14.8 Å². The Balaban J connectivity index is 1.46. The molecule has 2 unspecified atom stereocenters. The van der Waals surface area contributed by atoms with Gasteiger partial charge in [0.15, 0.2) is 0 Å². The number of nitrogens with zero attached hydrogens (tertiary/aromatic N) is 4. The molecule has 3 aliphatic heterocycles. The predicted molar refractivity (Wildman–Crippen MR) is 107 cm³/mol.